The van der Waals surface area contributed by atoms with Gasteiger partial charge in [0.25, 0.3) is 11.8 Å². The van der Waals surface area contributed by atoms with Gasteiger partial charge in [-0.25, -0.2) is 8.42 Å². The fourth-order valence-corrected chi connectivity index (χ4v) is 4.92. The minimum absolute atomic E-state index is 0.101. The summed E-state index contributed by atoms with van der Waals surface area (Å²) < 4.78 is 26.6. The summed E-state index contributed by atoms with van der Waals surface area (Å²) in [5, 5.41) is 8.18. The molecule has 34 heavy (non-hydrogen) atoms. The Labute approximate surface area is 200 Å². The molecule has 0 aromatic heterocycles. The van der Waals surface area contributed by atoms with Crippen molar-refractivity contribution >= 4 is 33.4 Å². The van der Waals surface area contributed by atoms with Gasteiger partial charge in [-0.05, 0) is 61.4 Å². The molecule has 0 saturated carbocycles. The summed E-state index contributed by atoms with van der Waals surface area (Å²) in [6.07, 6.45) is 1.72. The molecular weight excluding hydrogens is 456 g/mol. The molecule has 0 spiro atoms. The first kappa shape index (κ1) is 25.4. The van der Waals surface area contributed by atoms with Crippen LogP contribution in [0.5, 0.6) is 0 Å². The monoisotopic (exact) mass is 486 g/mol. The Hall–Kier alpha value is -3.24. The molecule has 2 aromatic carbocycles. The minimum Gasteiger partial charge on any atom is -0.350 e. The number of anilines is 1. The Bertz CT molecular complexity index is 1120. The molecule has 1 saturated heterocycles. The molecule has 3 N–H and O–H groups in total. The Balaban J connectivity index is 1.44. The quantitative estimate of drug-likeness (QED) is 0.469. The molecule has 0 bridgehead atoms. The van der Waals surface area contributed by atoms with Crippen molar-refractivity contribution in [1.82, 2.24) is 14.9 Å². The summed E-state index contributed by atoms with van der Waals surface area (Å²) in [6.45, 7) is 5.07. The highest BCUT2D eigenvalue weighted by Gasteiger charge is 2.27. The molecule has 0 aliphatic carbocycles. The lowest BCUT2D eigenvalue weighted by Gasteiger charge is -2.15. The van der Waals surface area contributed by atoms with Crippen molar-refractivity contribution in [2.24, 2.45) is 5.92 Å². The molecule has 1 aliphatic heterocycles. The van der Waals surface area contributed by atoms with Crippen molar-refractivity contribution < 1.29 is 22.8 Å². The van der Waals surface area contributed by atoms with Crippen LogP contribution >= 0.6 is 0 Å². The highest BCUT2D eigenvalue weighted by atomic mass is 32.2. The highest BCUT2D eigenvalue weighted by Crippen LogP contribution is 2.21. The average Bonchev–Trinajstić information content (AvgIpc) is 3.38. The number of carbonyl (C=O) groups excluding carboxylic acids is 3. The summed E-state index contributed by atoms with van der Waals surface area (Å²) in [4.78, 5) is 36.5. The summed E-state index contributed by atoms with van der Waals surface area (Å²) >= 11 is 0. The highest BCUT2D eigenvalue weighted by molar-refractivity contribution is 7.89. The molecule has 3 rings (SSSR count). The maximum Gasteiger partial charge on any atom is 0.251 e. The molecule has 0 unspecified atom stereocenters. The first-order chi connectivity index (χ1) is 16.2. The van der Waals surface area contributed by atoms with Crippen molar-refractivity contribution in [3.05, 3.63) is 59.7 Å². The second-order valence-corrected chi connectivity index (χ2v) is 10.3. The van der Waals surface area contributed by atoms with Gasteiger partial charge in [0.1, 0.15) is 0 Å². The van der Waals surface area contributed by atoms with E-state index in [-0.39, 0.29) is 41.6 Å². The standard InChI is InChI=1S/C24H30N4O5S/c1-17(2)22(29)27-20-9-5-18(6-10-20)23(30)25-13-14-26-24(31)19-7-11-21(12-8-19)34(32,33)28-15-3-4-16-28/h5-12,17H,3-4,13-16H2,1-2H3,(H,25,30)(H,26,31)(H,27,29). The average molecular weight is 487 g/mol. The van der Waals surface area contributed by atoms with Gasteiger partial charge in [0.05, 0.1) is 4.90 Å². The van der Waals surface area contributed by atoms with E-state index >= 15 is 0 Å². The smallest absolute Gasteiger partial charge is 0.251 e. The van der Waals surface area contributed by atoms with Crippen molar-refractivity contribution in [3.63, 3.8) is 0 Å². The molecule has 10 heteroatoms. The van der Waals surface area contributed by atoms with Gasteiger partial charge in [0.15, 0.2) is 0 Å². The number of hydrogen-bond donors (Lipinski definition) is 3. The van der Waals surface area contributed by atoms with Crippen LogP contribution in [0.2, 0.25) is 0 Å². The van der Waals surface area contributed by atoms with Crippen LogP contribution in [0.3, 0.4) is 0 Å². The van der Waals surface area contributed by atoms with Crippen LogP contribution in [0.1, 0.15) is 47.4 Å². The van der Waals surface area contributed by atoms with Crippen molar-refractivity contribution in [2.75, 3.05) is 31.5 Å². The zero-order valence-corrected chi connectivity index (χ0v) is 20.2. The number of nitrogens with one attached hydrogen (secondary N) is 3. The van der Waals surface area contributed by atoms with Crippen molar-refractivity contribution in [1.29, 1.82) is 0 Å². The largest absolute Gasteiger partial charge is 0.350 e. The molecule has 1 heterocycles. The number of sulfonamides is 1. The van der Waals surface area contributed by atoms with Gasteiger partial charge >= 0.3 is 0 Å². The number of benzene rings is 2. The van der Waals surface area contributed by atoms with E-state index < -0.39 is 10.0 Å². The lowest BCUT2D eigenvalue weighted by atomic mass is 10.1. The number of hydrogen-bond acceptors (Lipinski definition) is 5. The fraction of sp³-hybridized carbons (Fsp3) is 0.375. The van der Waals surface area contributed by atoms with Gasteiger partial charge in [-0.3, -0.25) is 14.4 Å². The summed E-state index contributed by atoms with van der Waals surface area (Å²) in [5.74, 6) is -0.896. The summed E-state index contributed by atoms with van der Waals surface area (Å²) in [7, 11) is -3.52. The van der Waals surface area contributed by atoms with Crippen LogP contribution in [0.4, 0.5) is 5.69 Å². The van der Waals surface area contributed by atoms with Gasteiger partial charge in [0, 0.05) is 48.9 Å². The first-order valence-corrected chi connectivity index (χ1v) is 12.7. The van der Waals surface area contributed by atoms with Crippen LogP contribution in [0, 0.1) is 5.92 Å². The number of amides is 3. The predicted molar refractivity (Wildman–Crippen MR) is 129 cm³/mol. The summed E-state index contributed by atoms with van der Waals surface area (Å²) in [6, 6.07) is 12.4. The van der Waals surface area contributed by atoms with Crippen LogP contribution in [-0.4, -0.2) is 56.6 Å². The zero-order valence-electron chi connectivity index (χ0n) is 19.3. The molecule has 1 fully saturated rings. The zero-order chi connectivity index (χ0) is 24.7. The van der Waals surface area contributed by atoms with Crippen LogP contribution in [0.25, 0.3) is 0 Å². The van der Waals surface area contributed by atoms with Crippen molar-refractivity contribution in [2.45, 2.75) is 31.6 Å². The van der Waals surface area contributed by atoms with E-state index in [0.29, 0.717) is 29.9 Å². The normalized spacial score (nSPS) is 14.1. The van der Waals surface area contributed by atoms with Crippen LogP contribution in [0.15, 0.2) is 53.4 Å². The van der Waals surface area contributed by atoms with E-state index in [4.69, 9.17) is 0 Å². The third-order valence-electron chi connectivity index (χ3n) is 5.45. The van der Waals surface area contributed by atoms with E-state index in [9.17, 15) is 22.8 Å². The molecule has 9 nitrogen and oxygen atoms in total. The predicted octanol–water partition coefficient (Wildman–Crippen LogP) is 2.23. The van der Waals surface area contributed by atoms with Gasteiger partial charge in [-0.15, -0.1) is 0 Å². The molecule has 0 atom stereocenters. The van der Waals surface area contributed by atoms with Crippen molar-refractivity contribution in [3.8, 4) is 0 Å². The van der Waals surface area contributed by atoms with Crippen LogP contribution in [-0.2, 0) is 14.8 Å². The lowest BCUT2D eigenvalue weighted by Crippen LogP contribution is -2.34. The molecule has 1 aliphatic rings. The third-order valence-corrected chi connectivity index (χ3v) is 7.37. The van der Waals surface area contributed by atoms with E-state index in [1.807, 2.05) is 0 Å². The van der Waals surface area contributed by atoms with Gasteiger partial charge < -0.3 is 16.0 Å². The first-order valence-electron chi connectivity index (χ1n) is 11.3. The molecule has 0 radical (unpaired) electrons. The fourth-order valence-electron chi connectivity index (χ4n) is 3.40. The van der Waals surface area contributed by atoms with Gasteiger partial charge in [-0.1, -0.05) is 13.8 Å². The topological polar surface area (TPSA) is 125 Å². The van der Waals surface area contributed by atoms with Gasteiger partial charge in [0.2, 0.25) is 15.9 Å². The van der Waals surface area contributed by atoms with E-state index in [1.54, 1.807) is 38.1 Å². The third kappa shape index (κ3) is 6.42. The van der Waals surface area contributed by atoms with E-state index in [0.717, 1.165) is 12.8 Å². The second-order valence-electron chi connectivity index (χ2n) is 8.37. The maximum atomic E-state index is 12.6. The number of nitrogens with zero attached hydrogens (tertiary/aromatic N) is 1. The number of carbonyl (C=O) groups is 3. The Morgan fingerprint density at radius 3 is 1.76 bits per heavy atom. The molecule has 2 aromatic rings. The second kappa shape index (κ2) is 11.3. The van der Waals surface area contributed by atoms with Gasteiger partial charge in [-0.2, -0.15) is 4.31 Å². The molecule has 3 amide bonds. The number of rotatable bonds is 9. The minimum atomic E-state index is -3.52. The van der Waals surface area contributed by atoms with E-state index in [2.05, 4.69) is 16.0 Å². The maximum absolute atomic E-state index is 12.6. The van der Waals surface area contributed by atoms with Crippen LogP contribution < -0.4 is 16.0 Å². The lowest BCUT2D eigenvalue weighted by molar-refractivity contribution is -0.118. The molecule has 182 valence electrons. The van der Waals surface area contributed by atoms with E-state index in [1.165, 1.54) is 28.6 Å². The Morgan fingerprint density at radius 2 is 1.29 bits per heavy atom. The molecular formula is C24H30N4O5S. The Morgan fingerprint density at radius 1 is 0.824 bits per heavy atom. The SMILES string of the molecule is CC(C)C(=O)Nc1ccc(C(=O)NCCNC(=O)c2ccc(S(=O)(=O)N3CCCC3)cc2)cc1. The summed E-state index contributed by atoms with van der Waals surface area (Å²) in [5.41, 5.74) is 1.39. The Kier molecular flexibility index (Phi) is 8.41.